The summed E-state index contributed by atoms with van der Waals surface area (Å²) >= 11 is 15.7. The molecular weight excluding hydrogens is 586 g/mol. The van der Waals surface area contributed by atoms with Gasteiger partial charge >= 0.3 is 12.3 Å². The molecule has 0 N–H and O–H groups in total. The Morgan fingerprint density at radius 3 is 2.25 bits per heavy atom. The maximum atomic E-state index is 12.6. The van der Waals surface area contributed by atoms with Crippen molar-refractivity contribution in [2.45, 2.75) is 12.9 Å². The number of fused-ring (bicyclic) bond motifs is 1. The molecule has 0 spiro atoms. The average Bonchev–Trinajstić information content (AvgIpc) is 3.05. The van der Waals surface area contributed by atoms with Gasteiger partial charge in [-0.3, -0.25) is 0 Å². The number of carbonyl (C=O) groups excluding carboxylic acids is 1. The van der Waals surface area contributed by atoms with Crippen molar-refractivity contribution < 1.29 is 27.4 Å². The zero-order valence-electron chi connectivity index (χ0n) is 18.7. The fourth-order valence-corrected chi connectivity index (χ4v) is 4.39. The second-order valence-electron chi connectivity index (χ2n) is 7.66. The number of alkyl halides is 3. The van der Waals surface area contributed by atoms with Crippen LogP contribution in [-0.2, 0) is 18.3 Å². The van der Waals surface area contributed by atoms with Crippen molar-refractivity contribution in [1.29, 1.82) is 0 Å². The van der Waals surface area contributed by atoms with Gasteiger partial charge in [-0.05, 0) is 64.0 Å². The molecule has 0 aliphatic rings. The van der Waals surface area contributed by atoms with E-state index in [2.05, 4.69) is 25.7 Å². The molecule has 0 atom stereocenters. The molecule has 1 aromatic heterocycles. The molecule has 12 heteroatoms. The third-order valence-electron chi connectivity index (χ3n) is 5.30. The molecule has 0 fully saturated rings. The number of hydrogen-bond donors (Lipinski definition) is 0. The summed E-state index contributed by atoms with van der Waals surface area (Å²) in [5.74, 6) is -0.823. The van der Waals surface area contributed by atoms with Crippen LogP contribution in [0.25, 0.3) is 11.0 Å². The van der Waals surface area contributed by atoms with Gasteiger partial charge < -0.3 is 18.6 Å². The highest BCUT2D eigenvalue weighted by Gasteiger charge is 2.32. The Hall–Kier alpha value is -2.95. The lowest BCUT2D eigenvalue weighted by Gasteiger charge is -2.10. The van der Waals surface area contributed by atoms with Crippen LogP contribution in [0.5, 0.6) is 5.75 Å². The van der Waals surface area contributed by atoms with Gasteiger partial charge in [0.1, 0.15) is 5.75 Å². The van der Waals surface area contributed by atoms with Gasteiger partial charge in [0.05, 0.1) is 50.5 Å². The Bertz CT molecular complexity index is 1530. The smallest absolute Gasteiger partial charge is 0.465 e. The number of esters is 1. The summed E-state index contributed by atoms with van der Waals surface area (Å²) in [6.07, 6.45) is -4.82. The van der Waals surface area contributed by atoms with E-state index >= 15 is 0 Å². The predicted molar refractivity (Wildman–Crippen MR) is 134 cm³/mol. The van der Waals surface area contributed by atoms with Gasteiger partial charge in [0.25, 0.3) is 0 Å². The summed E-state index contributed by atoms with van der Waals surface area (Å²) in [7, 11) is 3.10. The van der Waals surface area contributed by atoms with E-state index in [1.165, 1.54) is 25.3 Å². The first kappa shape index (κ1) is 26.1. The van der Waals surface area contributed by atoms with Crippen molar-refractivity contribution in [2.75, 3.05) is 7.11 Å². The summed E-state index contributed by atoms with van der Waals surface area (Å²) < 4.78 is 50.4. The zero-order valence-corrected chi connectivity index (χ0v) is 21.8. The molecule has 0 saturated carbocycles. The first-order valence-corrected chi connectivity index (χ1v) is 11.8. The maximum Gasteiger partial charge on any atom is 0.573 e. The quantitative estimate of drug-likeness (QED) is 0.231. The van der Waals surface area contributed by atoms with Crippen LogP contribution in [0.1, 0.15) is 15.9 Å². The number of benzene rings is 3. The van der Waals surface area contributed by atoms with E-state index in [9.17, 15) is 18.0 Å². The molecule has 0 saturated heterocycles. The van der Waals surface area contributed by atoms with Crippen LogP contribution in [0.4, 0.5) is 18.9 Å². The molecule has 0 aliphatic carbocycles. The second-order valence-corrected chi connectivity index (χ2v) is 9.33. The third kappa shape index (κ3) is 5.55. The number of ether oxygens (including phenoxy) is 2. The minimum atomic E-state index is -4.82. The van der Waals surface area contributed by atoms with Crippen LogP contribution in [0.2, 0.25) is 10.0 Å². The number of imidazole rings is 1. The first-order valence-electron chi connectivity index (χ1n) is 10.3. The first-order chi connectivity index (χ1) is 17.0. The molecule has 0 amide bonds. The summed E-state index contributed by atoms with van der Waals surface area (Å²) in [5, 5.41) is 0.717. The summed E-state index contributed by atoms with van der Waals surface area (Å²) in [4.78, 5) is 16.5. The monoisotopic (exact) mass is 601 g/mol. The highest BCUT2D eigenvalue weighted by molar-refractivity contribution is 9.10. The largest absolute Gasteiger partial charge is 0.573 e. The molecule has 0 unspecified atom stereocenters. The number of halogens is 6. The minimum absolute atomic E-state index is 0.0934. The van der Waals surface area contributed by atoms with Crippen molar-refractivity contribution in [2.24, 2.45) is 12.0 Å². The van der Waals surface area contributed by atoms with Crippen LogP contribution < -0.4 is 10.4 Å². The highest BCUT2D eigenvalue weighted by atomic mass is 79.9. The van der Waals surface area contributed by atoms with E-state index in [4.69, 9.17) is 27.9 Å². The average molecular weight is 603 g/mol. The number of rotatable bonds is 5. The van der Waals surface area contributed by atoms with E-state index < -0.39 is 12.3 Å². The van der Waals surface area contributed by atoms with Crippen LogP contribution in [0.3, 0.4) is 0 Å². The number of nitrogens with zero attached hydrogens (tertiary/aromatic N) is 3. The standard InChI is InChI=1S/C24H17BrCl2F3N3O3/c1-32-19-10-17(26)18(27)11-20(19)33(12-13-3-5-14(6-4-13)22(34)35-2)23(32)31-15-7-8-21(16(25)9-15)36-24(28,29)30/h3-11H,12H2,1-2H3/b31-23-. The van der Waals surface area contributed by atoms with E-state index in [1.54, 1.807) is 48.0 Å². The Balaban J connectivity index is 1.85. The van der Waals surface area contributed by atoms with Crippen molar-refractivity contribution in [3.8, 4) is 5.75 Å². The van der Waals surface area contributed by atoms with Crippen molar-refractivity contribution in [3.05, 3.63) is 85.9 Å². The maximum absolute atomic E-state index is 12.6. The molecule has 1 heterocycles. The number of methoxy groups -OCH3 is 1. The Morgan fingerprint density at radius 2 is 1.67 bits per heavy atom. The fourth-order valence-electron chi connectivity index (χ4n) is 3.63. The number of aromatic nitrogens is 2. The van der Waals surface area contributed by atoms with E-state index in [-0.39, 0.29) is 10.2 Å². The lowest BCUT2D eigenvalue weighted by Crippen LogP contribution is -2.24. The molecule has 36 heavy (non-hydrogen) atoms. The number of aryl methyl sites for hydroxylation is 1. The SMILES string of the molecule is COC(=O)c1ccc(Cn2/c(=N\c3ccc(OC(F)(F)F)c(Br)c3)n(C)c3cc(Cl)c(Cl)cc32)cc1. The van der Waals surface area contributed by atoms with Gasteiger partial charge in [0.2, 0.25) is 5.62 Å². The molecule has 3 aromatic carbocycles. The summed E-state index contributed by atoms with van der Waals surface area (Å²) in [6, 6.07) is 14.4. The van der Waals surface area contributed by atoms with Crippen molar-refractivity contribution in [3.63, 3.8) is 0 Å². The van der Waals surface area contributed by atoms with Gasteiger partial charge in [-0.2, -0.15) is 0 Å². The van der Waals surface area contributed by atoms with Gasteiger partial charge in [-0.1, -0.05) is 35.3 Å². The summed E-state index contributed by atoms with van der Waals surface area (Å²) in [5.41, 5.74) is 3.61. The van der Waals surface area contributed by atoms with Crippen molar-refractivity contribution >= 4 is 61.8 Å². The normalized spacial score (nSPS) is 12.3. The van der Waals surface area contributed by atoms with Crippen LogP contribution in [0, 0.1) is 0 Å². The fraction of sp³-hybridized carbons (Fsp3) is 0.167. The Labute approximate surface area is 221 Å². The Kier molecular flexibility index (Phi) is 7.40. The molecule has 6 nitrogen and oxygen atoms in total. The van der Waals surface area contributed by atoms with Crippen LogP contribution in [0.15, 0.2) is 64.1 Å². The third-order valence-corrected chi connectivity index (χ3v) is 6.64. The van der Waals surface area contributed by atoms with E-state index in [0.717, 1.165) is 16.6 Å². The van der Waals surface area contributed by atoms with Crippen molar-refractivity contribution in [1.82, 2.24) is 9.13 Å². The molecule has 4 aromatic rings. The number of carbonyl (C=O) groups is 1. The molecule has 0 radical (unpaired) electrons. The molecule has 188 valence electrons. The molecule has 0 bridgehead atoms. The highest BCUT2D eigenvalue weighted by Crippen LogP contribution is 2.33. The minimum Gasteiger partial charge on any atom is -0.465 e. The van der Waals surface area contributed by atoms with Gasteiger partial charge in [0.15, 0.2) is 0 Å². The lowest BCUT2D eigenvalue weighted by atomic mass is 10.1. The van der Waals surface area contributed by atoms with Gasteiger partial charge in [-0.25, -0.2) is 9.79 Å². The van der Waals surface area contributed by atoms with Crippen LogP contribution >= 0.6 is 39.1 Å². The van der Waals surface area contributed by atoms with E-state index in [0.29, 0.717) is 33.5 Å². The van der Waals surface area contributed by atoms with Crippen LogP contribution in [-0.4, -0.2) is 28.6 Å². The zero-order chi connectivity index (χ0) is 26.2. The van der Waals surface area contributed by atoms with E-state index in [1.807, 2.05) is 4.57 Å². The second kappa shape index (κ2) is 10.2. The molecular formula is C24H17BrCl2F3N3O3. The lowest BCUT2D eigenvalue weighted by molar-refractivity contribution is -0.274. The Morgan fingerprint density at radius 1 is 1.03 bits per heavy atom. The number of hydrogen-bond acceptors (Lipinski definition) is 4. The molecule has 4 rings (SSSR count). The topological polar surface area (TPSA) is 57.8 Å². The summed E-state index contributed by atoms with van der Waals surface area (Å²) in [6.45, 7) is 0.353. The predicted octanol–water partition coefficient (Wildman–Crippen LogP) is 7.02. The molecule has 0 aliphatic heterocycles. The van der Waals surface area contributed by atoms with Gasteiger partial charge in [-0.15, -0.1) is 13.2 Å². The van der Waals surface area contributed by atoms with Gasteiger partial charge in [0, 0.05) is 7.05 Å².